The first-order chi connectivity index (χ1) is 11.6. The second kappa shape index (κ2) is 7.45. The summed E-state index contributed by atoms with van der Waals surface area (Å²) in [6, 6.07) is 7.83. The van der Waals surface area contributed by atoms with Crippen LogP contribution in [0.4, 0.5) is 0 Å². The Morgan fingerprint density at radius 1 is 1.21 bits per heavy atom. The van der Waals surface area contributed by atoms with Gasteiger partial charge < -0.3 is 18.9 Å². The number of ether oxygens (including phenoxy) is 2. The highest BCUT2D eigenvalue weighted by Gasteiger charge is 2.31. The molecule has 0 radical (unpaired) electrons. The highest BCUT2D eigenvalue weighted by atomic mass is 127. The van der Waals surface area contributed by atoms with Gasteiger partial charge in [0.25, 0.3) is 5.91 Å². The number of aromatic nitrogens is 1. The van der Waals surface area contributed by atoms with Crippen molar-refractivity contribution in [3.05, 3.63) is 49.3 Å². The van der Waals surface area contributed by atoms with Crippen molar-refractivity contribution in [3.63, 3.8) is 0 Å². The number of carbonyl (C=O) groups excluding carboxylic acids is 1. The van der Waals surface area contributed by atoms with Crippen LogP contribution in [0.1, 0.15) is 21.7 Å². The van der Waals surface area contributed by atoms with Gasteiger partial charge >= 0.3 is 0 Å². The molecule has 0 aliphatic carbocycles. The monoisotopic (exact) mass is 504 g/mol. The summed E-state index contributed by atoms with van der Waals surface area (Å²) in [4.78, 5) is 14.8. The summed E-state index contributed by atoms with van der Waals surface area (Å²) in [6.07, 6.45) is 0. The number of halogens is 2. The molecule has 0 saturated carbocycles. The Kier molecular flexibility index (Phi) is 5.51. The van der Waals surface area contributed by atoms with E-state index in [9.17, 15) is 4.79 Å². The van der Waals surface area contributed by atoms with Crippen LogP contribution in [-0.2, 0) is 24.4 Å². The third kappa shape index (κ3) is 3.21. The predicted octanol–water partition coefficient (Wildman–Crippen LogP) is 3.67. The zero-order valence-corrected chi connectivity index (χ0v) is 17.3. The Bertz CT molecular complexity index is 758. The second-order valence-electron chi connectivity index (χ2n) is 5.58. The quantitative estimate of drug-likeness (QED) is 0.583. The van der Waals surface area contributed by atoms with Crippen molar-refractivity contribution in [1.82, 2.24) is 9.47 Å². The normalized spacial score (nSPS) is 14.0. The fourth-order valence-corrected chi connectivity index (χ4v) is 4.26. The minimum Gasteiger partial charge on any atom is -0.497 e. The van der Waals surface area contributed by atoms with Gasteiger partial charge in [0, 0.05) is 26.7 Å². The molecule has 0 unspecified atom stereocenters. The minimum atomic E-state index is 0.0597. The molecule has 7 heteroatoms. The first-order valence-electron chi connectivity index (χ1n) is 7.54. The van der Waals surface area contributed by atoms with Gasteiger partial charge in [-0.2, -0.15) is 0 Å². The molecular weight excluding hydrogens is 487 g/mol. The molecule has 2 aromatic rings. The van der Waals surface area contributed by atoms with Crippen LogP contribution in [0, 0.1) is 3.57 Å². The number of benzene rings is 1. The Morgan fingerprint density at radius 3 is 2.54 bits per heavy atom. The van der Waals surface area contributed by atoms with Crippen molar-refractivity contribution in [2.24, 2.45) is 0 Å². The van der Waals surface area contributed by atoms with Crippen LogP contribution in [-0.4, -0.2) is 36.1 Å². The van der Waals surface area contributed by atoms with E-state index in [2.05, 4.69) is 43.1 Å². The molecule has 2 heterocycles. The average Bonchev–Trinajstić information content (AvgIpc) is 2.84. The maximum absolute atomic E-state index is 12.9. The number of fused-ring (bicyclic) bond motifs is 1. The van der Waals surface area contributed by atoms with Gasteiger partial charge in [0.15, 0.2) is 0 Å². The van der Waals surface area contributed by atoms with Crippen molar-refractivity contribution in [2.45, 2.75) is 19.7 Å². The minimum absolute atomic E-state index is 0.0597. The summed E-state index contributed by atoms with van der Waals surface area (Å²) in [5.41, 5.74) is 2.86. The lowest BCUT2D eigenvalue weighted by Crippen LogP contribution is -2.40. The standard InChI is InChI=1S/C17H18BrIN2O3/c1-23-10-13-14(18)15(19)16-17(22)20(7-8-21(13)16)9-11-3-5-12(24-2)6-4-11/h3-6H,7-10H2,1-2H3. The summed E-state index contributed by atoms with van der Waals surface area (Å²) >= 11 is 5.83. The number of nitrogens with zero attached hydrogens (tertiary/aromatic N) is 2. The van der Waals surface area contributed by atoms with Crippen LogP contribution >= 0.6 is 38.5 Å². The van der Waals surface area contributed by atoms with E-state index >= 15 is 0 Å². The molecular formula is C17H18BrIN2O3. The molecule has 24 heavy (non-hydrogen) atoms. The van der Waals surface area contributed by atoms with E-state index in [0.29, 0.717) is 19.7 Å². The van der Waals surface area contributed by atoms with Gasteiger partial charge in [-0.15, -0.1) is 0 Å². The zero-order valence-electron chi connectivity index (χ0n) is 13.5. The van der Waals surface area contributed by atoms with Crippen LogP contribution in [0.25, 0.3) is 0 Å². The Hall–Kier alpha value is -1.06. The smallest absolute Gasteiger partial charge is 0.271 e. The molecule has 128 valence electrons. The highest BCUT2D eigenvalue weighted by Crippen LogP contribution is 2.33. The summed E-state index contributed by atoms with van der Waals surface area (Å²) in [7, 11) is 3.31. The van der Waals surface area contributed by atoms with E-state index < -0.39 is 0 Å². The Labute approximate surface area is 163 Å². The number of methoxy groups -OCH3 is 2. The van der Waals surface area contributed by atoms with Crippen molar-refractivity contribution >= 4 is 44.4 Å². The van der Waals surface area contributed by atoms with E-state index in [1.165, 1.54) is 0 Å². The molecule has 0 bridgehead atoms. The predicted molar refractivity (Wildman–Crippen MR) is 103 cm³/mol. The third-order valence-electron chi connectivity index (χ3n) is 4.15. The fourth-order valence-electron chi connectivity index (χ4n) is 2.91. The zero-order chi connectivity index (χ0) is 17.3. The first kappa shape index (κ1) is 17.8. The molecule has 0 atom stereocenters. The van der Waals surface area contributed by atoms with Crippen LogP contribution in [0.5, 0.6) is 5.75 Å². The van der Waals surface area contributed by atoms with Gasteiger partial charge in [-0.1, -0.05) is 12.1 Å². The molecule has 0 spiro atoms. The van der Waals surface area contributed by atoms with E-state index in [0.717, 1.165) is 37.3 Å². The van der Waals surface area contributed by atoms with Gasteiger partial charge in [-0.3, -0.25) is 4.79 Å². The fraction of sp³-hybridized carbons (Fsp3) is 0.353. The molecule has 1 aliphatic rings. The van der Waals surface area contributed by atoms with Gasteiger partial charge in [-0.25, -0.2) is 0 Å². The summed E-state index contributed by atoms with van der Waals surface area (Å²) in [5, 5.41) is 0. The van der Waals surface area contributed by atoms with Gasteiger partial charge in [0.2, 0.25) is 0 Å². The highest BCUT2D eigenvalue weighted by molar-refractivity contribution is 14.1. The third-order valence-corrected chi connectivity index (χ3v) is 6.79. The molecule has 1 aromatic heterocycles. The Morgan fingerprint density at radius 2 is 1.92 bits per heavy atom. The topological polar surface area (TPSA) is 43.7 Å². The number of hydrogen-bond acceptors (Lipinski definition) is 3. The maximum Gasteiger partial charge on any atom is 0.271 e. The second-order valence-corrected chi connectivity index (χ2v) is 7.45. The lowest BCUT2D eigenvalue weighted by Gasteiger charge is -2.29. The van der Waals surface area contributed by atoms with E-state index in [1.807, 2.05) is 29.2 Å². The molecule has 0 fully saturated rings. The van der Waals surface area contributed by atoms with Gasteiger partial charge in [-0.05, 0) is 56.2 Å². The molecule has 3 rings (SSSR count). The number of carbonyl (C=O) groups is 1. The van der Waals surface area contributed by atoms with E-state index in [4.69, 9.17) is 9.47 Å². The van der Waals surface area contributed by atoms with Crippen molar-refractivity contribution < 1.29 is 14.3 Å². The van der Waals surface area contributed by atoms with Crippen LogP contribution in [0.15, 0.2) is 28.7 Å². The molecule has 0 N–H and O–H groups in total. The molecule has 1 amide bonds. The van der Waals surface area contributed by atoms with Crippen molar-refractivity contribution in [2.75, 3.05) is 20.8 Å². The van der Waals surface area contributed by atoms with Gasteiger partial charge in [0.05, 0.1) is 27.5 Å². The summed E-state index contributed by atoms with van der Waals surface area (Å²) in [6.45, 7) is 2.55. The Balaban J connectivity index is 1.85. The SMILES string of the molecule is COCc1c(Br)c(I)c2n1CCN(Cc1ccc(OC)cc1)C2=O. The summed E-state index contributed by atoms with van der Waals surface area (Å²) in [5.74, 6) is 0.879. The maximum atomic E-state index is 12.9. The number of rotatable bonds is 5. The largest absolute Gasteiger partial charge is 0.497 e. The van der Waals surface area contributed by atoms with Crippen molar-refractivity contribution in [3.8, 4) is 5.75 Å². The van der Waals surface area contributed by atoms with E-state index in [1.54, 1.807) is 14.2 Å². The molecule has 5 nitrogen and oxygen atoms in total. The molecule has 1 aliphatic heterocycles. The van der Waals surface area contributed by atoms with Crippen LogP contribution < -0.4 is 4.74 Å². The number of amides is 1. The van der Waals surface area contributed by atoms with Gasteiger partial charge in [0.1, 0.15) is 11.4 Å². The van der Waals surface area contributed by atoms with Crippen LogP contribution in [0.2, 0.25) is 0 Å². The van der Waals surface area contributed by atoms with E-state index in [-0.39, 0.29) is 5.91 Å². The van der Waals surface area contributed by atoms with Crippen LogP contribution in [0.3, 0.4) is 0 Å². The first-order valence-corrected chi connectivity index (χ1v) is 9.41. The lowest BCUT2D eigenvalue weighted by molar-refractivity contribution is 0.0684. The van der Waals surface area contributed by atoms with Crippen molar-refractivity contribution in [1.29, 1.82) is 0 Å². The molecule has 0 saturated heterocycles. The average molecular weight is 505 g/mol. The molecule has 1 aromatic carbocycles. The lowest BCUT2D eigenvalue weighted by atomic mass is 10.2. The summed E-state index contributed by atoms with van der Waals surface area (Å²) < 4.78 is 14.4. The number of hydrogen-bond donors (Lipinski definition) is 0.